The van der Waals surface area contributed by atoms with Crippen molar-refractivity contribution in [1.29, 1.82) is 0 Å². The van der Waals surface area contributed by atoms with Gasteiger partial charge in [-0.15, -0.1) is 10.2 Å². The maximum atomic E-state index is 11.1. The van der Waals surface area contributed by atoms with Crippen molar-refractivity contribution in [3.8, 4) is 23.0 Å². The third-order valence-corrected chi connectivity index (χ3v) is 4.18. The van der Waals surface area contributed by atoms with E-state index in [1.165, 1.54) is 30.1 Å². The molecular weight excluding hydrogens is 366 g/mol. The van der Waals surface area contributed by atoms with E-state index in [0.717, 1.165) is 0 Å². The van der Waals surface area contributed by atoms with Crippen molar-refractivity contribution >= 4 is 29.1 Å². The number of halogens is 1. The van der Waals surface area contributed by atoms with Crippen molar-refractivity contribution in [2.45, 2.75) is 24.3 Å². The summed E-state index contributed by atoms with van der Waals surface area (Å²) in [5.74, 6) is 0.0983. The van der Waals surface area contributed by atoms with E-state index in [9.17, 15) is 10.1 Å². The minimum Gasteiger partial charge on any atom is -0.414 e. The second kappa shape index (κ2) is 7.16. The van der Waals surface area contributed by atoms with Gasteiger partial charge in [0.25, 0.3) is 17.5 Å². The number of aromatic nitrogens is 4. The van der Waals surface area contributed by atoms with Crippen LogP contribution in [-0.2, 0) is 0 Å². The number of nitro groups is 1. The Balaban J connectivity index is 2.01. The topological polar surface area (TPSA) is 108 Å². The third kappa shape index (κ3) is 3.77. The molecule has 0 unspecified atom stereocenters. The van der Waals surface area contributed by atoms with Crippen LogP contribution in [0.4, 0.5) is 5.69 Å². The van der Waals surface area contributed by atoms with Gasteiger partial charge in [0, 0.05) is 11.3 Å². The number of rotatable bonds is 5. The van der Waals surface area contributed by atoms with Crippen LogP contribution in [0.5, 0.6) is 0 Å². The number of para-hydroxylation sites is 1. The maximum absolute atomic E-state index is 11.1. The Morgan fingerprint density at radius 1 is 1.24 bits per heavy atom. The normalized spacial score (nSPS) is 11.0. The highest BCUT2D eigenvalue weighted by Crippen LogP contribution is 2.32. The SMILES string of the molecule is CC(C)Sc1ncc(Cl)c(-c2nnc(-c3ccccc3[N+](=O)[O-])o2)n1. The van der Waals surface area contributed by atoms with Gasteiger partial charge in [-0.05, 0) is 6.07 Å². The number of hydrogen-bond donors (Lipinski definition) is 0. The van der Waals surface area contributed by atoms with Crippen molar-refractivity contribution in [1.82, 2.24) is 20.2 Å². The van der Waals surface area contributed by atoms with Crippen molar-refractivity contribution in [2.24, 2.45) is 0 Å². The van der Waals surface area contributed by atoms with E-state index < -0.39 is 4.92 Å². The van der Waals surface area contributed by atoms with E-state index in [0.29, 0.717) is 10.4 Å². The number of benzene rings is 1. The predicted molar refractivity (Wildman–Crippen MR) is 93.4 cm³/mol. The highest BCUT2D eigenvalue weighted by Gasteiger charge is 2.22. The van der Waals surface area contributed by atoms with Gasteiger partial charge in [-0.1, -0.05) is 49.3 Å². The summed E-state index contributed by atoms with van der Waals surface area (Å²) in [4.78, 5) is 19.1. The lowest BCUT2D eigenvalue weighted by molar-refractivity contribution is -0.384. The molecule has 128 valence electrons. The molecule has 0 bridgehead atoms. The number of nitrogens with zero attached hydrogens (tertiary/aromatic N) is 5. The Morgan fingerprint density at radius 3 is 2.68 bits per heavy atom. The molecule has 10 heteroatoms. The molecule has 3 rings (SSSR count). The first-order valence-electron chi connectivity index (χ1n) is 7.22. The zero-order chi connectivity index (χ0) is 18.0. The molecule has 0 fully saturated rings. The van der Waals surface area contributed by atoms with Crippen LogP contribution < -0.4 is 0 Å². The van der Waals surface area contributed by atoms with Gasteiger partial charge >= 0.3 is 0 Å². The Hall–Kier alpha value is -2.52. The zero-order valence-corrected chi connectivity index (χ0v) is 14.8. The minimum absolute atomic E-state index is 0.0232. The Kier molecular flexibility index (Phi) is 4.95. The predicted octanol–water partition coefficient (Wildman–Crippen LogP) is 4.26. The molecule has 0 amide bonds. The summed E-state index contributed by atoms with van der Waals surface area (Å²) in [6.45, 7) is 4.03. The number of hydrogen-bond acceptors (Lipinski definition) is 8. The first kappa shape index (κ1) is 17.3. The van der Waals surface area contributed by atoms with E-state index in [4.69, 9.17) is 16.0 Å². The molecule has 8 nitrogen and oxygen atoms in total. The van der Waals surface area contributed by atoms with E-state index in [-0.39, 0.29) is 33.7 Å². The van der Waals surface area contributed by atoms with Crippen molar-refractivity contribution in [3.63, 3.8) is 0 Å². The molecule has 2 aromatic heterocycles. The maximum Gasteiger partial charge on any atom is 0.282 e. The Labute approximate surface area is 151 Å². The summed E-state index contributed by atoms with van der Waals surface area (Å²) in [5, 5.41) is 20.0. The molecule has 0 saturated carbocycles. The molecule has 0 N–H and O–H groups in total. The summed E-state index contributed by atoms with van der Waals surface area (Å²) in [7, 11) is 0. The van der Waals surface area contributed by atoms with Crippen LogP contribution in [0.3, 0.4) is 0 Å². The van der Waals surface area contributed by atoms with Crippen LogP contribution in [0, 0.1) is 10.1 Å². The first-order valence-corrected chi connectivity index (χ1v) is 8.48. The largest absolute Gasteiger partial charge is 0.414 e. The van der Waals surface area contributed by atoms with E-state index >= 15 is 0 Å². The van der Waals surface area contributed by atoms with Crippen LogP contribution in [0.2, 0.25) is 5.02 Å². The van der Waals surface area contributed by atoms with Gasteiger partial charge in [0.2, 0.25) is 0 Å². The summed E-state index contributed by atoms with van der Waals surface area (Å²) < 4.78 is 5.58. The molecule has 0 radical (unpaired) electrons. The van der Waals surface area contributed by atoms with Crippen molar-refractivity contribution in [3.05, 3.63) is 45.6 Å². The van der Waals surface area contributed by atoms with E-state index in [1.54, 1.807) is 12.1 Å². The fourth-order valence-electron chi connectivity index (χ4n) is 2.01. The summed E-state index contributed by atoms with van der Waals surface area (Å²) >= 11 is 7.60. The van der Waals surface area contributed by atoms with Gasteiger partial charge < -0.3 is 4.42 Å². The van der Waals surface area contributed by atoms with Gasteiger partial charge in [0.1, 0.15) is 5.56 Å². The average molecular weight is 378 g/mol. The second-order valence-corrected chi connectivity index (χ2v) is 7.15. The standard InChI is InChI=1S/C15H12ClN5O3S/c1-8(2)25-15-17-7-10(16)12(18-15)14-20-19-13(24-14)9-5-3-4-6-11(9)21(22)23/h3-8H,1-2H3. The van der Waals surface area contributed by atoms with Gasteiger partial charge in [0.05, 0.1) is 16.1 Å². The first-order chi connectivity index (χ1) is 12.0. The molecule has 0 aliphatic carbocycles. The fourth-order valence-corrected chi connectivity index (χ4v) is 2.86. The van der Waals surface area contributed by atoms with Gasteiger partial charge in [-0.3, -0.25) is 10.1 Å². The molecule has 0 saturated heterocycles. The molecule has 2 heterocycles. The zero-order valence-electron chi connectivity index (χ0n) is 13.2. The van der Waals surface area contributed by atoms with Crippen LogP contribution >= 0.6 is 23.4 Å². The highest BCUT2D eigenvalue weighted by molar-refractivity contribution is 7.99. The fraction of sp³-hybridized carbons (Fsp3) is 0.200. The Bertz CT molecular complexity index is 931. The lowest BCUT2D eigenvalue weighted by Gasteiger charge is -2.04. The smallest absolute Gasteiger partial charge is 0.282 e. The van der Waals surface area contributed by atoms with Gasteiger partial charge in [-0.2, -0.15) is 0 Å². The van der Waals surface area contributed by atoms with Crippen molar-refractivity contribution < 1.29 is 9.34 Å². The second-order valence-electron chi connectivity index (χ2n) is 5.20. The molecule has 0 atom stereocenters. The van der Waals surface area contributed by atoms with Gasteiger partial charge in [0.15, 0.2) is 10.9 Å². The van der Waals surface area contributed by atoms with Crippen LogP contribution in [-0.4, -0.2) is 30.3 Å². The number of nitro benzene ring substituents is 1. The molecule has 0 aliphatic heterocycles. The quantitative estimate of drug-likeness (QED) is 0.281. The van der Waals surface area contributed by atoms with Crippen LogP contribution in [0.1, 0.15) is 13.8 Å². The minimum atomic E-state index is -0.506. The van der Waals surface area contributed by atoms with E-state index in [2.05, 4.69) is 20.2 Å². The summed E-state index contributed by atoms with van der Waals surface area (Å²) in [6.07, 6.45) is 1.46. The third-order valence-electron chi connectivity index (χ3n) is 3.02. The van der Waals surface area contributed by atoms with Crippen LogP contribution in [0.15, 0.2) is 40.0 Å². The summed E-state index contributed by atoms with van der Waals surface area (Å²) in [6, 6.07) is 6.13. The monoisotopic (exact) mass is 377 g/mol. The molecule has 0 aliphatic rings. The molecule has 1 aromatic carbocycles. The molecule has 0 spiro atoms. The summed E-state index contributed by atoms with van der Waals surface area (Å²) in [5.41, 5.74) is 0.396. The lowest BCUT2D eigenvalue weighted by atomic mass is 10.2. The average Bonchev–Trinajstić information content (AvgIpc) is 3.06. The molecule has 25 heavy (non-hydrogen) atoms. The highest BCUT2D eigenvalue weighted by atomic mass is 35.5. The van der Waals surface area contributed by atoms with Gasteiger partial charge in [-0.25, -0.2) is 9.97 Å². The number of thioether (sulfide) groups is 1. The molecule has 3 aromatic rings. The Morgan fingerprint density at radius 2 is 1.96 bits per heavy atom. The van der Waals surface area contributed by atoms with E-state index in [1.807, 2.05) is 13.8 Å². The lowest BCUT2D eigenvalue weighted by Crippen LogP contribution is -1.95. The van der Waals surface area contributed by atoms with Crippen molar-refractivity contribution in [2.75, 3.05) is 0 Å². The van der Waals surface area contributed by atoms with Crippen LogP contribution in [0.25, 0.3) is 23.0 Å². The molecular formula is C15H12ClN5O3S.